The van der Waals surface area contributed by atoms with Crippen LogP contribution in [0.4, 0.5) is 10.2 Å². The molecule has 0 aliphatic heterocycles. The molecule has 2 aromatic carbocycles. The number of aromatic amines is 1. The van der Waals surface area contributed by atoms with Crippen molar-refractivity contribution >= 4 is 22.6 Å². The molecule has 3 aromatic heterocycles. The minimum atomic E-state index is -0.508. The van der Waals surface area contributed by atoms with Crippen molar-refractivity contribution in [1.82, 2.24) is 25.5 Å². The lowest BCUT2D eigenvalue weighted by Crippen LogP contribution is -2.23. The Kier molecular flexibility index (Phi) is 6.03. The fourth-order valence-corrected chi connectivity index (χ4v) is 4.00. The number of hydrogen-bond acceptors (Lipinski definition) is 6. The molecule has 0 bridgehead atoms. The third kappa shape index (κ3) is 4.34. The first-order chi connectivity index (χ1) is 17.4. The van der Waals surface area contributed by atoms with Gasteiger partial charge in [0.1, 0.15) is 11.6 Å². The first kappa shape index (κ1) is 23.0. The van der Waals surface area contributed by atoms with E-state index in [0.717, 1.165) is 39.5 Å². The second kappa shape index (κ2) is 9.46. The van der Waals surface area contributed by atoms with Crippen LogP contribution in [0.25, 0.3) is 33.4 Å². The number of fused-ring (bicyclic) bond motifs is 1. The molecule has 36 heavy (non-hydrogen) atoms. The smallest absolute Gasteiger partial charge is 0.255 e. The van der Waals surface area contributed by atoms with Gasteiger partial charge in [0.05, 0.1) is 35.0 Å². The van der Waals surface area contributed by atoms with E-state index in [1.165, 1.54) is 19.2 Å². The fourth-order valence-electron chi connectivity index (χ4n) is 4.00. The number of ether oxygens (including phenoxy) is 1. The number of aromatic nitrogens is 4. The van der Waals surface area contributed by atoms with Crippen LogP contribution in [0.1, 0.15) is 21.5 Å². The summed E-state index contributed by atoms with van der Waals surface area (Å²) < 4.78 is 18.8. The number of carbonyl (C=O) groups is 1. The average molecular weight is 483 g/mol. The number of aryl methyl sites for hydroxylation is 1. The maximum absolute atomic E-state index is 13.6. The second-order valence-corrected chi connectivity index (χ2v) is 8.32. The van der Waals surface area contributed by atoms with Gasteiger partial charge in [-0.15, -0.1) is 0 Å². The topological polar surface area (TPSA) is 119 Å². The van der Waals surface area contributed by atoms with Crippen molar-refractivity contribution in [3.8, 4) is 28.3 Å². The van der Waals surface area contributed by atoms with Crippen LogP contribution < -0.4 is 15.8 Å². The van der Waals surface area contributed by atoms with Gasteiger partial charge >= 0.3 is 0 Å². The molecule has 5 rings (SSSR count). The highest BCUT2D eigenvalue weighted by molar-refractivity contribution is 6.05. The van der Waals surface area contributed by atoms with E-state index in [1.807, 2.05) is 43.3 Å². The molecule has 0 aliphatic carbocycles. The molecule has 0 unspecified atom stereocenters. The van der Waals surface area contributed by atoms with E-state index >= 15 is 0 Å². The van der Waals surface area contributed by atoms with Crippen LogP contribution in [0.5, 0.6) is 5.75 Å². The van der Waals surface area contributed by atoms with Crippen LogP contribution in [-0.4, -0.2) is 33.2 Å². The molecule has 0 fully saturated rings. The zero-order valence-electron chi connectivity index (χ0n) is 19.7. The summed E-state index contributed by atoms with van der Waals surface area (Å²) in [5, 5.41) is 10.7. The van der Waals surface area contributed by atoms with E-state index < -0.39 is 11.7 Å². The van der Waals surface area contributed by atoms with Crippen molar-refractivity contribution in [2.24, 2.45) is 0 Å². The number of methoxy groups -OCH3 is 1. The normalized spacial score (nSPS) is 11.0. The number of nitrogen functional groups attached to an aromatic ring is 1. The molecule has 0 radical (unpaired) electrons. The maximum atomic E-state index is 13.6. The Morgan fingerprint density at radius 2 is 1.89 bits per heavy atom. The van der Waals surface area contributed by atoms with Crippen molar-refractivity contribution in [2.45, 2.75) is 13.5 Å². The van der Waals surface area contributed by atoms with Gasteiger partial charge in [-0.25, -0.2) is 4.39 Å². The van der Waals surface area contributed by atoms with E-state index in [4.69, 9.17) is 10.5 Å². The Bertz CT molecular complexity index is 1560. The molecule has 0 aliphatic rings. The number of rotatable bonds is 6. The van der Waals surface area contributed by atoms with Gasteiger partial charge < -0.3 is 15.8 Å². The molecule has 8 nitrogen and oxygen atoms in total. The minimum absolute atomic E-state index is 0.138. The lowest BCUT2D eigenvalue weighted by Gasteiger charge is -2.11. The highest BCUT2D eigenvalue weighted by Crippen LogP contribution is 2.35. The molecule has 180 valence electrons. The summed E-state index contributed by atoms with van der Waals surface area (Å²) in [6, 6.07) is 15.3. The van der Waals surface area contributed by atoms with E-state index in [1.54, 1.807) is 12.4 Å². The number of hydrogen-bond donors (Lipinski definition) is 3. The SMILES string of the molecule is COc1ccc(F)cc1C(=O)NCc1ccc(-c2ncc(-c3ccc(C)cn3)c3[nH]nc(N)c23)cc1. The van der Waals surface area contributed by atoms with Crippen molar-refractivity contribution < 1.29 is 13.9 Å². The Morgan fingerprint density at radius 1 is 1.08 bits per heavy atom. The monoisotopic (exact) mass is 482 g/mol. The van der Waals surface area contributed by atoms with E-state index in [9.17, 15) is 9.18 Å². The lowest BCUT2D eigenvalue weighted by atomic mass is 10.0. The number of nitrogens with zero attached hydrogens (tertiary/aromatic N) is 3. The molecule has 1 amide bonds. The number of nitrogens with two attached hydrogens (primary N) is 1. The van der Waals surface area contributed by atoms with Gasteiger partial charge in [0.15, 0.2) is 5.82 Å². The van der Waals surface area contributed by atoms with E-state index in [2.05, 4.69) is 25.5 Å². The maximum Gasteiger partial charge on any atom is 0.255 e. The third-order valence-corrected chi connectivity index (χ3v) is 5.90. The highest BCUT2D eigenvalue weighted by atomic mass is 19.1. The molecule has 0 atom stereocenters. The van der Waals surface area contributed by atoms with Gasteiger partial charge in [0.2, 0.25) is 0 Å². The zero-order valence-corrected chi connectivity index (χ0v) is 19.7. The van der Waals surface area contributed by atoms with Gasteiger partial charge in [-0.05, 0) is 42.3 Å². The molecule has 4 N–H and O–H groups in total. The summed E-state index contributed by atoms with van der Waals surface area (Å²) in [7, 11) is 1.43. The quantitative estimate of drug-likeness (QED) is 0.324. The number of H-pyrrole nitrogens is 1. The summed E-state index contributed by atoms with van der Waals surface area (Å²) in [6.07, 6.45) is 3.56. The van der Waals surface area contributed by atoms with Crippen molar-refractivity contribution in [1.29, 1.82) is 0 Å². The number of benzene rings is 2. The summed E-state index contributed by atoms with van der Waals surface area (Å²) in [5.74, 6) is -0.278. The van der Waals surface area contributed by atoms with Gasteiger partial charge in [-0.2, -0.15) is 5.10 Å². The van der Waals surface area contributed by atoms with E-state index in [-0.39, 0.29) is 12.1 Å². The van der Waals surface area contributed by atoms with Gasteiger partial charge in [0.25, 0.3) is 5.91 Å². The van der Waals surface area contributed by atoms with Gasteiger partial charge in [-0.3, -0.25) is 19.9 Å². The fraction of sp³-hybridized carbons (Fsp3) is 0.111. The second-order valence-electron chi connectivity index (χ2n) is 8.32. The van der Waals surface area contributed by atoms with E-state index in [0.29, 0.717) is 22.6 Å². The van der Waals surface area contributed by atoms with Crippen LogP contribution >= 0.6 is 0 Å². The van der Waals surface area contributed by atoms with Crippen LogP contribution in [0.15, 0.2) is 67.0 Å². The first-order valence-corrected chi connectivity index (χ1v) is 11.2. The minimum Gasteiger partial charge on any atom is -0.496 e. The molecular weight excluding hydrogens is 459 g/mol. The molecule has 5 aromatic rings. The van der Waals surface area contributed by atoms with Crippen LogP contribution in [-0.2, 0) is 6.54 Å². The van der Waals surface area contributed by atoms with Crippen LogP contribution in [0, 0.1) is 12.7 Å². The van der Waals surface area contributed by atoms with Crippen molar-refractivity contribution in [2.75, 3.05) is 12.8 Å². The lowest BCUT2D eigenvalue weighted by molar-refractivity contribution is 0.0947. The number of anilines is 1. The number of halogens is 1. The summed E-state index contributed by atoms with van der Waals surface area (Å²) >= 11 is 0. The van der Waals surface area contributed by atoms with Gasteiger partial charge in [-0.1, -0.05) is 30.3 Å². The third-order valence-electron chi connectivity index (χ3n) is 5.90. The molecular formula is C27H23FN6O2. The average Bonchev–Trinajstić information content (AvgIpc) is 3.29. The van der Waals surface area contributed by atoms with Crippen LogP contribution in [0.3, 0.4) is 0 Å². The Hall–Kier alpha value is -4.79. The largest absolute Gasteiger partial charge is 0.496 e. The Balaban J connectivity index is 1.39. The molecule has 0 spiro atoms. The highest BCUT2D eigenvalue weighted by Gasteiger charge is 2.17. The number of nitrogens with one attached hydrogen (secondary N) is 2. The zero-order chi connectivity index (χ0) is 25.2. The first-order valence-electron chi connectivity index (χ1n) is 11.2. The molecule has 0 saturated heterocycles. The predicted molar refractivity (Wildman–Crippen MR) is 136 cm³/mol. The van der Waals surface area contributed by atoms with Crippen LogP contribution in [0.2, 0.25) is 0 Å². The number of pyridine rings is 2. The van der Waals surface area contributed by atoms with Crippen molar-refractivity contribution in [3.63, 3.8) is 0 Å². The number of amides is 1. The Morgan fingerprint density at radius 3 is 2.61 bits per heavy atom. The van der Waals surface area contributed by atoms with Crippen molar-refractivity contribution in [3.05, 3.63) is 89.5 Å². The standard InChI is InChI=1S/C27H23FN6O2/c1-15-3-9-21(30-12-15)20-14-31-24(23-25(20)33-34-26(23)29)17-6-4-16(5-7-17)13-32-27(35)19-11-18(28)8-10-22(19)36-2/h3-12,14H,13H2,1-2H3,(H,32,35)(H3,29,33,34). The summed E-state index contributed by atoms with van der Waals surface area (Å²) in [6.45, 7) is 2.24. The summed E-state index contributed by atoms with van der Waals surface area (Å²) in [4.78, 5) is 21.7. The summed E-state index contributed by atoms with van der Waals surface area (Å²) in [5.41, 5.74) is 12.1. The predicted octanol–water partition coefficient (Wildman–Crippen LogP) is 4.66. The number of carbonyl (C=O) groups excluding carboxylic acids is 1. The molecule has 3 heterocycles. The van der Waals surface area contributed by atoms with Gasteiger partial charge in [0, 0.05) is 30.1 Å². The molecule has 9 heteroatoms. The Labute approximate surface area is 206 Å². The molecule has 0 saturated carbocycles.